The largest absolute Gasteiger partial charge is 0.508 e. The predicted molar refractivity (Wildman–Crippen MR) is 53.2 cm³/mol. The Balaban J connectivity index is 2.64. The van der Waals surface area contributed by atoms with Crippen molar-refractivity contribution in [1.29, 1.82) is 0 Å². The zero-order valence-electron chi connectivity index (χ0n) is 7.94. The zero-order chi connectivity index (χ0) is 10.1. The molecule has 0 unspecified atom stereocenters. The molecule has 1 aromatic carbocycles. The maximum atomic E-state index is 9.26. The Morgan fingerprint density at radius 1 is 1.43 bits per heavy atom. The third-order valence-electron chi connectivity index (χ3n) is 2.29. The third kappa shape index (κ3) is 1.33. The summed E-state index contributed by atoms with van der Waals surface area (Å²) in [5, 5.41) is 23.4. The van der Waals surface area contributed by atoms with E-state index in [1.807, 2.05) is 13.1 Å². The summed E-state index contributed by atoms with van der Waals surface area (Å²) >= 11 is 0. The van der Waals surface area contributed by atoms with Gasteiger partial charge in [0.25, 0.3) is 0 Å². The molecule has 1 heterocycles. The minimum absolute atomic E-state index is 0.107. The quantitative estimate of drug-likeness (QED) is 0.740. The first kappa shape index (κ1) is 9.02. The first-order valence-electron chi connectivity index (χ1n) is 4.48. The second-order valence-corrected chi connectivity index (χ2v) is 3.25. The van der Waals surface area contributed by atoms with Crippen LogP contribution in [0.25, 0.3) is 10.9 Å². The number of fused-ring (bicyclic) bond motifs is 1. The molecule has 0 aliphatic carbocycles. The second-order valence-electron chi connectivity index (χ2n) is 3.25. The minimum Gasteiger partial charge on any atom is -0.508 e. The van der Waals surface area contributed by atoms with Gasteiger partial charge in [0, 0.05) is 37.2 Å². The van der Waals surface area contributed by atoms with Gasteiger partial charge in [-0.2, -0.15) is 5.10 Å². The van der Waals surface area contributed by atoms with Gasteiger partial charge >= 0.3 is 0 Å². The van der Waals surface area contributed by atoms with E-state index < -0.39 is 0 Å². The molecule has 2 rings (SSSR count). The highest BCUT2D eigenvalue weighted by Crippen LogP contribution is 2.22. The van der Waals surface area contributed by atoms with E-state index >= 15 is 0 Å². The fourth-order valence-corrected chi connectivity index (χ4v) is 1.65. The van der Waals surface area contributed by atoms with Gasteiger partial charge in [0.1, 0.15) is 5.75 Å². The Hall–Kier alpha value is -1.55. The normalized spacial score (nSPS) is 11.0. The van der Waals surface area contributed by atoms with E-state index in [4.69, 9.17) is 5.11 Å². The van der Waals surface area contributed by atoms with Crippen LogP contribution >= 0.6 is 0 Å². The highest BCUT2D eigenvalue weighted by Gasteiger charge is 2.08. The van der Waals surface area contributed by atoms with Crippen molar-refractivity contribution in [3.8, 4) is 5.75 Å². The summed E-state index contributed by atoms with van der Waals surface area (Å²) in [7, 11) is 1.84. The van der Waals surface area contributed by atoms with Gasteiger partial charge in [0.05, 0.1) is 5.52 Å². The molecule has 74 valence electrons. The van der Waals surface area contributed by atoms with Crippen LogP contribution in [0, 0.1) is 0 Å². The topological polar surface area (TPSA) is 58.3 Å². The molecule has 4 heteroatoms. The molecule has 14 heavy (non-hydrogen) atoms. The van der Waals surface area contributed by atoms with Crippen molar-refractivity contribution in [2.24, 2.45) is 7.05 Å². The molecule has 0 spiro atoms. The number of aromatic nitrogens is 2. The summed E-state index contributed by atoms with van der Waals surface area (Å²) < 4.78 is 1.74. The van der Waals surface area contributed by atoms with Crippen LogP contribution in [0.5, 0.6) is 5.75 Å². The Morgan fingerprint density at radius 2 is 2.21 bits per heavy atom. The van der Waals surface area contributed by atoms with Gasteiger partial charge in [-0.05, 0) is 12.1 Å². The lowest BCUT2D eigenvalue weighted by atomic mass is 10.1. The summed E-state index contributed by atoms with van der Waals surface area (Å²) in [5.41, 5.74) is 1.75. The van der Waals surface area contributed by atoms with Crippen LogP contribution in [0.15, 0.2) is 18.2 Å². The van der Waals surface area contributed by atoms with E-state index in [0.29, 0.717) is 6.42 Å². The number of aryl methyl sites for hydroxylation is 1. The molecule has 0 fully saturated rings. The van der Waals surface area contributed by atoms with Gasteiger partial charge in [-0.3, -0.25) is 4.68 Å². The molecular formula is C10H12N2O2. The number of benzene rings is 1. The van der Waals surface area contributed by atoms with Crippen LogP contribution in [-0.2, 0) is 13.5 Å². The first-order valence-corrected chi connectivity index (χ1v) is 4.48. The Bertz CT molecular complexity index is 462. The lowest BCUT2D eigenvalue weighted by molar-refractivity contribution is 0.296. The van der Waals surface area contributed by atoms with Crippen molar-refractivity contribution in [2.45, 2.75) is 6.42 Å². The maximum Gasteiger partial charge on any atom is 0.117 e. The summed E-state index contributed by atoms with van der Waals surface area (Å²) in [5.74, 6) is 0.214. The summed E-state index contributed by atoms with van der Waals surface area (Å²) in [4.78, 5) is 0. The fraction of sp³-hybridized carbons (Fsp3) is 0.300. The summed E-state index contributed by atoms with van der Waals surface area (Å²) in [6.45, 7) is 0.107. The number of nitrogens with zero attached hydrogens (tertiary/aromatic N) is 2. The molecule has 0 saturated heterocycles. The molecule has 2 N–H and O–H groups in total. The number of aliphatic hydroxyl groups excluding tert-OH is 1. The number of hydrogen-bond acceptors (Lipinski definition) is 3. The molecule has 2 aromatic rings. The Labute approximate surface area is 81.4 Å². The van der Waals surface area contributed by atoms with Crippen molar-refractivity contribution < 1.29 is 10.2 Å². The first-order chi connectivity index (χ1) is 6.72. The van der Waals surface area contributed by atoms with E-state index in [0.717, 1.165) is 16.6 Å². The number of aliphatic hydroxyl groups is 1. The molecule has 0 aliphatic heterocycles. The molecule has 1 aromatic heterocycles. The average Bonchev–Trinajstić information content (AvgIpc) is 2.43. The van der Waals surface area contributed by atoms with Crippen molar-refractivity contribution >= 4 is 10.9 Å². The lowest BCUT2D eigenvalue weighted by Gasteiger charge is -1.98. The summed E-state index contributed by atoms with van der Waals surface area (Å²) in [6.07, 6.45) is 0.581. The SMILES string of the molecule is Cn1nc2cc(O)ccc2c1CCO. The maximum absolute atomic E-state index is 9.26. The van der Waals surface area contributed by atoms with Gasteiger partial charge in [0.2, 0.25) is 0 Å². The van der Waals surface area contributed by atoms with Crippen molar-refractivity contribution in [2.75, 3.05) is 6.61 Å². The molecule has 0 bridgehead atoms. The number of aromatic hydroxyl groups is 1. The van der Waals surface area contributed by atoms with Crippen LogP contribution in [0.3, 0.4) is 0 Å². The van der Waals surface area contributed by atoms with E-state index in [-0.39, 0.29) is 12.4 Å². The molecule has 0 amide bonds. The predicted octanol–water partition coefficient (Wildman–Crippen LogP) is 0.814. The zero-order valence-corrected chi connectivity index (χ0v) is 7.94. The number of rotatable bonds is 2. The van der Waals surface area contributed by atoms with Crippen LogP contribution in [0.1, 0.15) is 5.69 Å². The highest BCUT2D eigenvalue weighted by atomic mass is 16.3. The molecule has 4 nitrogen and oxygen atoms in total. The highest BCUT2D eigenvalue weighted by molar-refractivity contribution is 5.82. The van der Waals surface area contributed by atoms with Crippen LogP contribution in [0.2, 0.25) is 0 Å². The smallest absolute Gasteiger partial charge is 0.117 e. The van der Waals surface area contributed by atoms with Crippen LogP contribution in [0.4, 0.5) is 0 Å². The average molecular weight is 192 g/mol. The minimum atomic E-state index is 0.107. The third-order valence-corrected chi connectivity index (χ3v) is 2.29. The van der Waals surface area contributed by atoms with Crippen molar-refractivity contribution in [3.63, 3.8) is 0 Å². The monoisotopic (exact) mass is 192 g/mol. The van der Waals surface area contributed by atoms with Gasteiger partial charge in [-0.1, -0.05) is 0 Å². The molecular weight excluding hydrogens is 180 g/mol. The van der Waals surface area contributed by atoms with Crippen molar-refractivity contribution in [3.05, 3.63) is 23.9 Å². The number of phenols is 1. The van der Waals surface area contributed by atoms with Gasteiger partial charge in [-0.15, -0.1) is 0 Å². The van der Waals surface area contributed by atoms with E-state index in [1.165, 1.54) is 0 Å². The van der Waals surface area contributed by atoms with Gasteiger partial charge in [0.15, 0.2) is 0 Å². The Morgan fingerprint density at radius 3 is 2.93 bits per heavy atom. The van der Waals surface area contributed by atoms with E-state index in [2.05, 4.69) is 5.10 Å². The molecule has 0 saturated carbocycles. The van der Waals surface area contributed by atoms with Gasteiger partial charge < -0.3 is 10.2 Å². The lowest BCUT2D eigenvalue weighted by Crippen LogP contribution is -2.00. The standard InChI is InChI=1S/C10H12N2O2/c1-12-10(4-5-13)8-3-2-7(14)6-9(8)11-12/h2-3,6,13-14H,4-5H2,1H3. The Kier molecular flexibility index (Phi) is 2.13. The van der Waals surface area contributed by atoms with Crippen LogP contribution in [-0.4, -0.2) is 26.6 Å². The number of phenolic OH excluding ortho intramolecular Hbond substituents is 1. The van der Waals surface area contributed by atoms with E-state index in [1.54, 1.807) is 16.8 Å². The second kappa shape index (κ2) is 3.31. The van der Waals surface area contributed by atoms with E-state index in [9.17, 15) is 5.11 Å². The molecule has 0 atom stereocenters. The molecule has 0 radical (unpaired) electrons. The fourth-order valence-electron chi connectivity index (χ4n) is 1.65. The summed E-state index contributed by atoms with van der Waals surface area (Å²) in [6, 6.07) is 5.07. The van der Waals surface area contributed by atoms with Crippen molar-refractivity contribution in [1.82, 2.24) is 9.78 Å². The van der Waals surface area contributed by atoms with Crippen LogP contribution < -0.4 is 0 Å². The van der Waals surface area contributed by atoms with Gasteiger partial charge in [-0.25, -0.2) is 0 Å². The number of hydrogen-bond donors (Lipinski definition) is 2. The molecule has 0 aliphatic rings.